The Morgan fingerprint density at radius 1 is 0.272 bits per heavy atom. The summed E-state index contributed by atoms with van der Waals surface area (Å²) in [5.74, 6) is 4.83. The minimum Gasteiger partial charge on any atom is -0.343 e. The van der Waals surface area contributed by atoms with E-state index in [0.29, 0.717) is 47.3 Å². The Balaban J connectivity index is -0.000000322. The molecule has 4 heteroatoms. The van der Waals surface area contributed by atoms with Crippen molar-refractivity contribution >= 4 is 63.6 Å². The van der Waals surface area contributed by atoms with Gasteiger partial charge in [-0.25, -0.2) is 0 Å². The number of rotatable bonds is 15. The van der Waals surface area contributed by atoms with Crippen molar-refractivity contribution in [3.63, 3.8) is 0 Å². The van der Waals surface area contributed by atoms with Crippen molar-refractivity contribution in [2.45, 2.75) is 304 Å². The normalized spacial score (nSPS) is 10.3. The van der Waals surface area contributed by atoms with E-state index in [-0.39, 0.29) is 52.4 Å². The zero-order valence-corrected chi connectivity index (χ0v) is 71.5. The molecule has 8 aromatic carbocycles. The van der Waals surface area contributed by atoms with Gasteiger partial charge in [0, 0.05) is 72.9 Å². The van der Waals surface area contributed by atoms with Gasteiger partial charge in [0.05, 0.1) is 0 Å². The Bertz CT molecular complexity index is 2590. The maximum absolute atomic E-state index is 3.70. The zero-order chi connectivity index (χ0) is 70.0. The molecule has 0 aliphatic rings. The molecule has 0 nitrogen and oxygen atoms in total. The largest absolute Gasteiger partial charge is 0.343 e. The minimum atomic E-state index is 0. The van der Waals surface area contributed by atoms with E-state index >= 15 is 0 Å². The Hall–Kier alpha value is -2.48. The summed E-state index contributed by atoms with van der Waals surface area (Å²) < 4.78 is 0. The van der Waals surface area contributed by atoms with E-state index in [1.165, 1.54) is 148 Å². The number of benzene rings is 4. The molecule has 0 aromatic heterocycles. The van der Waals surface area contributed by atoms with Gasteiger partial charge in [0.25, 0.3) is 0 Å². The maximum Gasteiger partial charge on any atom is 0.0184 e. The van der Waals surface area contributed by atoms with Crippen LogP contribution in [0.4, 0.5) is 0 Å². The molecule has 0 saturated heterocycles. The predicted octanol–water partition coefficient (Wildman–Crippen LogP) is 29.6. The SMILES string of the molecule is C[Si].C[Si].Cc1cc2c(C(C)C)cc(C(C)C)cc2[cH-]1.Cc1cc2c(C(C)C)cc(C(C)C)cc2[cH-]1.Cc1cc2c(C(C)C)cc(C(C)C)cc2[cH-]1.Cc1cc2c(C(C)C)cc(C(C)C)cc2[cH-]1.[CH2-]CCC.[CH2-]CCC.[CH2-]CCC.[CH2-]CCC.[CH2-]CCCC[CH2-].[Zr].[Zr]. The van der Waals surface area contributed by atoms with Crippen LogP contribution in [0.3, 0.4) is 0 Å². The maximum atomic E-state index is 3.70. The van der Waals surface area contributed by atoms with Crippen LogP contribution < -0.4 is 0 Å². The van der Waals surface area contributed by atoms with Gasteiger partial charge in [-0.2, -0.15) is 62.8 Å². The summed E-state index contributed by atoms with van der Waals surface area (Å²) in [6, 6.07) is 37.4. The molecular formula is C88H138Si2Zr2-10. The second-order valence-corrected chi connectivity index (χ2v) is 26.6. The van der Waals surface area contributed by atoms with Gasteiger partial charge < -0.3 is 41.5 Å². The van der Waals surface area contributed by atoms with E-state index in [2.05, 4.69) is 325 Å². The molecule has 0 fully saturated rings. The Morgan fingerprint density at radius 2 is 0.424 bits per heavy atom. The summed E-state index contributed by atoms with van der Waals surface area (Å²) in [6.45, 7) is 79.0. The van der Waals surface area contributed by atoms with Gasteiger partial charge in [0.2, 0.25) is 0 Å². The van der Waals surface area contributed by atoms with Gasteiger partial charge in [-0.05, 0) is 47.3 Å². The molecule has 0 heterocycles. The molecule has 0 N–H and O–H groups in total. The Morgan fingerprint density at radius 3 is 0.533 bits per heavy atom. The molecule has 92 heavy (non-hydrogen) atoms. The van der Waals surface area contributed by atoms with Gasteiger partial charge in [-0.3, -0.25) is 0 Å². The van der Waals surface area contributed by atoms with E-state index < -0.39 is 0 Å². The summed E-state index contributed by atoms with van der Waals surface area (Å²) in [5, 5.41) is 11.4. The summed E-state index contributed by atoms with van der Waals surface area (Å²) in [6.07, 6.45) is 13.7. The van der Waals surface area contributed by atoms with E-state index in [1.807, 2.05) is 0 Å². The zero-order valence-electron chi connectivity index (χ0n) is 64.6. The van der Waals surface area contributed by atoms with Crippen LogP contribution in [0.5, 0.6) is 0 Å². The molecule has 0 atom stereocenters. The predicted molar refractivity (Wildman–Crippen MR) is 423 cm³/mol. The molecule has 0 aliphatic carbocycles. The van der Waals surface area contributed by atoms with E-state index in [1.54, 1.807) is 13.1 Å². The Kier molecular flexibility index (Phi) is 60.3. The molecule has 8 rings (SSSR count). The first-order chi connectivity index (χ1) is 42.5. The van der Waals surface area contributed by atoms with Crippen LogP contribution in [0.25, 0.3) is 43.1 Å². The number of hydrogen-bond donors (Lipinski definition) is 0. The van der Waals surface area contributed by atoms with Crippen molar-refractivity contribution < 1.29 is 52.4 Å². The first-order valence-electron chi connectivity index (χ1n) is 35.1. The van der Waals surface area contributed by atoms with Gasteiger partial charge in [-0.1, -0.05) is 287 Å². The third-order valence-corrected chi connectivity index (χ3v) is 15.4. The van der Waals surface area contributed by atoms with Crippen molar-refractivity contribution in [2.75, 3.05) is 0 Å². The fraction of sp³-hybridized carbons (Fsp3) is 0.523. The molecule has 0 spiro atoms. The van der Waals surface area contributed by atoms with Crippen LogP contribution in [0.15, 0.2) is 97.1 Å². The van der Waals surface area contributed by atoms with Crippen molar-refractivity contribution in [3.8, 4) is 0 Å². The molecule has 6 radical (unpaired) electrons. The molecule has 0 aliphatic heterocycles. The van der Waals surface area contributed by atoms with Crippen molar-refractivity contribution in [2.24, 2.45) is 0 Å². The molecule has 0 saturated carbocycles. The van der Waals surface area contributed by atoms with Crippen molar-refractivity contribution in [1.29, 1.82) is 0 Å². The van der Waals surface area contributed by atoms with Gasteiger partial charge in [0.15, 0.2) is 0 Å². The standard InChI is InChI=1S/4C16H21.C6H12.4C4H9.2CH3Si.2Zr/c4*1-10(2)13-8-14-6-12(5)7-16(14)15(9-13)11(3)4;1-3-5-6-4-2;4*1-3-4-2;2*1-2;;/h4*6-11H,1-5H3;1-6H2;4*1,3-4H2,2H3;2*1H3;;/q4*-1;-2;4*-1;;;;. The third-order valence-electron chi connectivity index (χ3n) is 15.4. The van der Waals surface area contributed by atoms with Crippen LogP contribution in [0, 0.1) is 69.2 Å². The molecule has 516 valence electrons. The average molecular weight is 1430 g/mol. The summed E-state index contributed by atoms with van der Waals surface area (Å²) in [4.78, 5) is 0. The fourth-order valence-corrected chi connectivity index (χ4v) is 9.69. The van der Waals surface area contributed by atoms with Crippen molar-refractivity contribution in [3.05, 3.63) is 205 Å². The van der Waals surface area contributed by atoms with Crippen LogP contribution >= 0.6 is 0 Å². The topological polar surface area (TPSA) is 0 Å². The Labute approximate surface area is 619 Å². The van der Waals surface area contributed by atoms with E-state index in [0.717, 1.165) is 38.5 Å². The summed E-state index contributed by atoms with van der Waals surface area (Å²) in [7, 11) is 5.94. The van der Waals surface area contributed by atoms with E-state index in [9.17, 15) is 0 Å². The number of unbranched alkanes of at least 4 members (excludes halogenated alkanes) is 7. The molecular weight excluding hydrogens is 1300 g/mol. The van der Waals surface area contributed by atoms with Crippen LogP contribution in [0.1, 0.15) is 330 Å². The van der Waals surface area contributed by atoms with Crippen LogP contribution in [-0.2, 0) is 52.4 Å². The summed E-state index contributed by atoms with van der Waals surface area (Å²) >= 11 is 0. The number of fused-ring (bicyclic) bond motifs is 4. The average Bonchev–Trinajstić information content (AvgIpc) is 1.72. The fourth-order valence-electron chi connectivity index (χ4n) is 9.69. The quantitative estimate of drug-likeness (QED) is 0.0545. The monoisotopic (exact) mass is 1430 g/mol. The second kappa shape index (κ2) is 56.5. The second-order valence-electron chi connectivity index (χ2n) is 26.6. The third kappa shape index (κ3) is 37.3. The summed E-state index contributed by atoms with van der Waals surface area (Å²) in [5.41, 5.74) is 17.3. The smallest absolute Gasteiger partial charge is 0.0184 e. The first kappa shape index (κ1) is 98.2. The van der Waals surface area contributed by atoms with Crippen LogP contribution in [0.2, 0.25) is 13.1 Å². The molecule has 0 unspecified atom stereocenters. The number of aryl methyl sites for hydroxylation is 4. The van der Waals surface area contributed by atoms with Crippen LogP contribution in [-0.4, -0.2) is 20.5 Å². The molecule has 0 amide bonds. The van der Waals surface area contributed by atoms with E-state index in [4.69, 9.17) is 0 Å². The van der Waals surface area contributed by atoms with Crippen molar-refractivity contribution in [1.82, 2.24) is 0 Å². The van der Waals surface area contributed by atoms with Gasteiger partial charge in [0.1, 0.15) is 0 Å². The minimum absolute atomic E-state index is 0. The van der Waals surface area contributed by atoms with Gasteiger partial charge >= 0.3 is 0 Å². The first-order valence-corrected chi connectivity index (χ1v) is 37.1. The number of hydrogen-bond acceptors (Lipinski definition) is 0. The molecule has 8 aromatic rings. The van der Waals surface area contributed by atoms with Gasteiger partial charge in [-0.15, -0.1) is 114 Å². The molecule has 0 bridgehead atoms.